The van der Waals surface area contributed by atoms with E-state index in [4.69, 9.17) is 11.6 Å². The highest BCUT2D eigenvalue weighted by atomic mass is 35.5. The summed E-state index contributed by atoms with van der Waals surface area (Å²) in [7, 11) is 0. The van der Waals surface area contributed by atoms with Crippen molar-refractivity contribution in [2.24, 2.45) is 5.10 Å². The van der Waals surface area contributed by atoms with Crippen LogP contribution >= 0.6 is 22.9 Å². The normalized spacial score (nSPS) is 10.6. The molecular weight excluding hydrogens is 256 g/mol. The zero-order chi connectivity index (χ0) is 12.1. The van der Waals surface area contributed by atoms with Gasteiger partial charge in [-0.15, -0.1) is 0 Å². The van der Waals surface area contributed by atoms with Gasteiger partial charge in [0, 0.05) is 16.1 Å². The average Bonchev–Trinajstić information content (AvgIpc) is 2.82. The number of hydrogen-bond acceptors (Lipinski definition) is 3. The van der Waals surface area contributed by atoms with Gasteiger partial charge in [0.15, 0.2) is 0 Å². The van der Waals surface area contributed by atoms with Gasteiger partial charge in [0.1, 0.15) is 0 Å². The molecule has 0 saturated heterocycles. The predicted octanol–water partition coefficient (Wildman–Crippen LogP) is 3.17. The van der Waals surface area contributed by atoms with E-state index in [0.717, 1.165) is 5.56 Å². The highest BCUT2D eigenvalue weighted by Gasteiger charge is 2.03. The molecule has 3 nitrogen and oxygen atoms in total. The maximum atomic E-state index is 11.6. The van der Waals surface area contributed by atoms with Gasteiger partial charge >= 0.3 is 0 Å². The molecule has 1 amide bonds. The Labute approximate surface area is 108 Å². The monoisotopic (exact) mass is 264 g/mol. The Morgan fingerprint density at radius 1 is 1.41 bits per heavy atom. The molecule has 1 aromatic carbocycles. The van der Waals surface area contributed by atoms with Gasteiger partial charge in [-0.1, -0.05) is 17.7 Å². The quantitative estimate of drug-likeness (QED) is 0.671. The third kappa shape index (κ3) is 3.41. The van der Waals surface area contributed by atoms with Gasteiger partial charge in [-0.25, -0.2) is 5.43 Å². The van der Waals surface area contributed by atoms with Crippen molar-refractivity contribution in [3.8, 4) is 0 Å². The summed E-state index contributed by atoms with van der Waals surface area (Å²) in [5.74, 6) is -0.279. The van der Waals surface area contributed by atoms with E-state index >= 15 is 0 Å². The van der Waals surface area contributed by atoms with Crippen LogP contribution in [0, 0.1) is 0 Å². The number of carbonyl (C=O) groups excluding carboxylic acids is 1. The molecule has 1 N–H and O–H groups in total. The Kier molecular flexibility index (Phi) is 3.90. The fraction of sp³-hybridized carbons (Fsp3) is 0. The molecule has 0 radical (unpaired) electrons. The molecule has 86 valence electrons. The zero-order valence-corrected chi connectivity index (χ0v) is 10.3. The third-order valence-electron chi connectivity index (χ3n) is 2.01. The van der Waals surface area contributed by atoms with E-state index in [0.29, 0.717) is 10.6 Å². The molecule has 0 spiro atoms. The van der Waals surface area contributed by atoms with Crippen molar-refractivity contribution >= 4 is 35.1 Å². The molecule has 0 atom stereocenters. The minimum atomic E-state index is -0.279. The first-order valence-corrected chi connectivity index (χ1v) is 6.19. The topological polar surface area (TPSA) is 41.5 Å². The van der Waals surface area contributed by atoms with Gasteiger partial charge in [0.2, 0.25) is 0 Å². The van der Waals surface area contributed by atoms with E-state index in [9.17, 15) is 4.79 Å². The minimum absolute atomic E-state index is 0.279. The van der Waals surface area contributed by atoms with Gasteiger partial charge in [-0.2, -0.15) is 16.4 Å². The number of rotatable bonds is 3. The number of hydrazone groups is 1. The van der Waals surface area contributed by atoms with Gasteiger partial charge in [0.05, 0.1) is 6.21 Å². The average molecular weight is 265 g/mol. The molecule has 2 rings (SSSR count). The van der Waals surface area contributed by atoms with Gasteiger partial charge in [-0.3, -0.25) is 4.79 Å². The Balaban J connectivity index is 1.98. The third-order valence-corrected chi connectivity index (χ3v) is 2.95. The summed E-state index contributed by atoms with van der Waals surface area (Å²) in [6, 6.07) is 8.63. The first-order chi connectivity index (χ1) is 8.25. The van der Waals surface area contributed by atoms with Gasteiger partial charge in [0.25, 0.3) is 5.91 Å². The molecule has 5 heteroatoms. The number of nitrogens with zero attached hydrogens (tertiary/aromatic N) is 1. The maximum absolute atomic E-state index is 11.6. The second kappa shape index (κ2) is 5.61. The van der Waals surface area contributed by atoms with Crippen LogP contribution in [0.1, 0.15) is 15.9 Å². The lowest BCUT2D eigenvalue weighted by molar-refractivity contribution is 0.0955. The summed E-state index contributed by atoms with van der Waals surface area (Å²) in [5, 5.41) is 8.27. The molecular formula is C12H9ClN2OS. The van der Waals surface area contributed by atoms with Gasteiger partial charge < -0.3 is 0 Å². The van der Waals surface area contributed by atoms with E-state index in [2.05, 4.69) is 10.5 Å². The second-order valence-electron chi connectivity index (χ2n) is 3.27. The van der Waals surface area contributed by atoms with Crippen molar-refractivity contribution in [2.45, 2.75) is 0 Å². The molecule has 0 saturated carbocycles. The van der Waals surface area contributed by atoms with Crippen LogP contribution in [0.5, 0.6) is 0 Å². The van der Waals surface area contributed by atoms with Crippen molar-refractivity contribution in [1.29, 1.82) is 0 Å². The Morgan fingerprint density at radius 2 is 2.29 bits per heavy atom. The number of thiophene rings is 1. The Morgan fingerprint density at radius 3 is 3.00 bits per heavy atom. The van der Waals surface area contributed by atoms with Crippen LogP contribution in [0.25, 0.3) is 0 Å². The van der Waals surface area contributed by atoms with E-state index in [1.165, 1.54) is 0 Å². The van der Waals surface area contributed by atoms with Crippen molar-refractivity contribution in [1.82, 2.24) is 5.43 Å². The lowest BCUT2D eigenvalue weighted by atomic mass is 10.2. The number of hydrogen-bond donors (Lipinski definition) is 1. The van der Waals surface area contributed by atoms with Crippen molar-refractivity contribution < 1.29 is 4.79 Å². The smallest absolute Gasteiger partial charge is 0.267 e. The highest BCUT2D eigenvalue weighted by molar-refractivity contribution is 7.08. The zero-order valence-electron chi connectivity index (χ0n) is 8.76. The summed E-state index contributed by atoms with van der Waals surface area (Å²) in [4.78, 5) is 11.6. The number of benzene rings is 1. The van der Waals surface area contributed by atoms with E-state index in [-0.39, 0.29) is 5.91 Å². The van der Waals surface area contributed by atoms with Crippen LogP contribution in [0.4, 0.5) is 0 Å². The molecule has 1 aromatic heterocycles. The molecule has 0 unspecified atom stereocenters. The molecule has 0 aliphatic carbocycles. The standard InChI is InChI=1S/C12H9ClN2OS/c13-11-3-1-2-10(6-11)12(16)15-14-7-9-4-5-17-8-9/h1-8H,(H,15,16)/b14-7-. The van der Waals surface area contributed by atoms with Crippen molar-refractivity contribution in [3.63, 3.8) is 0 Å². The first-order valence-electron chi connectivity index (χ1n) is 4.87. The molecule has 2 aromatic rings. The molecule has 0 fully saturated rings. The number of carbonyl (C=O) groups is 1. The Bertz CT molecular complexity index is 537. The molecule has 0 bridgehead atoms. The van der Waals surface area contributed by atoms with Crippen LogP contribution in [0.2, 0.25) is 5.02 Å². The summed E-state index contributed by atoms with van der Waals surface area (Å²) in [6.07, 6.45) is 1.60. The molecule has 17 heavy (non-hydrogen) atoms. The number of amides is 1. The summed E-state index contributed by atoms with van der Waals surface area (Å²) in [6.45, 7) is 0. The van der Waals surface area contributed by atoms with Gasteiger partial charge in [-0.05, 0) is 35.0 Å². The van der Waals surface area contributed by atoms with Crippen molar-refractivity contribution in [2.75, 3.05) is 0 Å². The fourth-order valence-corrected chi connectivity index (χ4v) is 2.01. The minimum Gasteiger partial charge on any atom is -0.267 e. The SMILES string of the molecule is O=C(N/N=C\c1ccsc1)c1cccc(Cl)c1. The number of nitrogens with one attached hydrogen (secondary N) is 1. The van der Waals surface area contributed by atoms with Crippen LogP contribution < -0.4 is 5.43 Å². The lowest BCUT2D eigenvalue weighted by Crippen LogP contribution is -2.17. The Hall–Kier alpha value is -1.65. The summed E-state index contributed by atoms with van der Waals surface area (Å²) >= 11 is 7.36. The summed E-state index contributed by atoms with van der Waals surface area (Å²) < 4.78 is 0. The van der Waals surface area contributed by atoms with Crippen LogP contribution in [0.3, 0.4) is 0 Å². The van der Waals surface area contributed by atoms with Crippen LogP contribution in [-0.2, 0) is 0 Å². The van der Waals surface area contributed by atoms with E-state index in [1.54, 1.807) is 41.8 Å². The number of halogens is 1. The first kappa shape index (κ1) is 11.8. The summed E-state index contributed by atoms with van der Waals surface area (Å²) in [5.41, 5.74) is 3.89. The highest BCUT2D eigenvalue weighted by Crippen LogP contribution is 2.10. The largest absolute Gasteiger partial charge is 0.271 e. The second-order valence-corrected chi connectivity index (χ2v) is 4.48. The molecule has 0 aliphatic heterocycles. The van der Waals surface area contributed by atoms with E-state index < -0.39 is 0 Å². The van der Waals surface area contributed by atoms with Crippen LogP contribution in [0.15, 0.2) is 46.2 Å². The van der Waals surface area contributed by atoms with E-state index in [1.807, 2.05) is 16.8 Å². The maximum Gasteiger partial charge on any atom is 0.271 e. The predicted molar refractivity (Wildman–Crippen MR) is 70.8 cm³/mol. The lowest BCUT2D eigenvalue weighted by Gasteiger charge is -1.99. The molecule has 1 heterocycles. The van der Waals surface area contributed by atoms with Crippen LogP contribution in [-0.4, -0.2) is 12.1 Å². The molecule has 0 aliphatic rings. The van der Waals surface area contributed by atoms with Crippen molar-refractivity contribution in [3.05, 3.63) is 57.2 Å². The fourth-order valence-electron chi connectivity index (χ4n) is 1.21.